The van der Waals surface area contributed by atoms with Crippen LogP contribution in [0.4, 0.5) is 17.8 Å². The quantitative estimate of drug-likeness (QED) is 0.698. The van der Waals surface area contributed by atoms with E-state index >= 15 is 0 Å². The van der Waals surface area contributed by atoms with Crippen molar-refractivity contribution in [3.05, 3.63) is 0 Å². The van der Waals surface area contributed by atoms with Gasteiger partial charge in [0.25, 0.3) is 0 Å². The molecule has 0 aromatic carbocycles. The zero-order chi connectivity index (χ0) is 13.7. The van der Waals surface area contributed by atoms with Gasteiger partial charge in [-0.05, 0) is 19.3 Å². The minimum Gasteiger partial charge on any atom is -0.394 e. The summed E-state index contributed by atoms with van der Waals surface area (Å²) >= 11 is 0. The van der Waals surface area contributed by atoms with Gasteiger partial charge in [0.05, 0.1) is 12.6 Å². The van der Waals surface area contributed by atoms with Crippen LogP contribution in [-0.4, -0.2) is 52.8 Å². The molecule has 1 aromatic heterocycles. The third-order valence-electron chi connectivity index (χ3n) is 3.28. The van der Waals surface area contributed by atoms with Gasteiger partial charge in [-0.1, -0.05) is 6.92 Å². The van der Waals surface area contributed by atoms with Gasteiger partial charge >= 0.3 is 0 Å². The van der Waals surface area contributed by atoms with Crippen LogP contribution in [0.3, 0.4) is 0 Å². The van der Waals surface area contributed by atoms with Gasteiger partial charge in [-0.25, -0.2) is 0 Å². The molecule has 3 N–H and O–H groups in total. The second kappa shape index (κ2) is 6.51. The lowest BCUT2D eigenvalue weighted by molar-refractivity contribution is 0.271. The first-order valence-electron chi connectivity index (χ1n) is 6.83. The molecule has 1 saturated heterocycles. The van der Waals surface area contributed by atoms with E-state index < -0.39 is 0 Å². The zero-order valence-corrected chi connectivity index (χ0v) is 11.6. The molecule has 1 unspecified atom stereocenters. The predicted molar refractivity (Wildman–Crippen MR) is 75.6 cm³/mol. The first-order chi connectivity index (χ1) is 9.26. The fraction of sp³-hybridized carbons (Fsp3) is 0.750. The highest BCUT2D eigenvalue weighted by atomic mass is 16.3. The number of nitrogens with one attached hydrogen (secondary N) is 2. The minimum atomic E-state index is -0.0291. The summed E-state index contributed by atoms with van der Waals surface area (Å²) in [6.07, 6.45) is 3.17. The highest BCUT2D eigenvalue weighted by Crippen LogP contribution is 2.18. The molecule has 1 aliphatic rings. The Balaban J connectivity index is 2.19. The summed E-state index contributed by atoms with van der Waals surface area (Å²) in [6.45, 7) is 4.05. The third-order valence-corrected chi connectivity index (χ3v) is 3.28. The van der Waals surface area contributed by atoms with Crippen LogP contribution in [0.25, 0.3) is 0 Å². The maximum absolute atomic E-state index is 9.23. The van der Waals surface area contributed by atoms with E-state index in [4.69, 9.17) is 0 Å². The Morgan fingerprint density at radius 3 is 2.47 bits per heavy atom. The average Bonchev–Trinajstić information content (AvgIpc) is 2.98. The lowest BCUT2D eigenvalue weighted by atomic mass is 10.2. The van der Waals surface area contributed by atoms with E-state index in [1.54, 1.807) is 7.05 Å². The van der Waals surface area contributed by atoms with Crippen molar-refractivity contribution in [3.63, 3.8) is 0 Å². The van der Waals surface area contributed by atoms with Gasteiger partial charge in [-0.2, -0.15) is 15.0 Å². The molecule has 106 valence electrons. The Kier molecular flexibility index (Phi) is 4.73. The van der Waals surface area contributed by atoms with E-state index in [0.29, 0.717) is 17.8 Å². The fourth-order valence-electron chi connectivity index (χ4n) is 2.06. The molecule has 1 fully saturated rings. The van der Waals surface area contributed by atoms with E-state index in [2.05, 4.69) is 30.5 Å². The number of aromatic nitrogens is 3. The van der Waals surface area contributed by atoms with Gasteiger partial charge in [0.2, 0.25) is 17.8 Å². The van der Waals surface area contributed by atoms with E-state index in [1.807, 2.05) is 6.92 Å². The van der Waals surface area contributed by atoms with Crippen LogP contribution < -0.4 is 15.5 Å². The molecule has 0 radical (unpaired) electrons. The smallest absolute Gasteiger partial charge is 0.231 e. The van der Waals surface area contributed by atoms with Crippen molar-refractivity contribution in [1.82, 2.24) is 15.0 Å². The molecule has 7 nitrogen and oxygen atoms in total. The first-order valence-corrected chi connectivity index (χ1v) is 6.83. The summed E-state index contributed by atoms with van der Waals surface area (Å²) in [5.74, 6) is 1.77. The Morgan fingerprint density at radius 2 is 1.89 bits per heavy atom. The van der Waals surface area contributed by atoms with Crippen LogP contribution in [-0.2, 0) is 0 Å². The monoisotopic (exact) mass is 266 g/mol. The van der Waals surface area contributed by atoms with Crippen molar-refractivity contribution >= 4 is 17.8 Å². The molecule has 0 aliphatic carbocycles. The second-order valence-corrected chi connectivity index (χ2v) is 4.66. The van der Waals surface area contributed by atoms with Crippen LogP contribution in [0.1, 0.15) is 26.2 Å². The lowest BCUT2D eigenvalue weighted by Crippen LogP contribution is -2.26. The van der Waals surface area contributed by atoms with Crippen LogP contribution in [0.15, 0.2) is 0 Å². The Morgan fingerprint density at radius 1 is 1.21 bits per heavy atom. The number of aliphatic hydroxyl groups is 1. The van der Waals surface area contributed by atoms with Crippen molar-refractivity contribution in [2.45, 2.75) is 32.2 Å². The van der Waals surface area contributed by atoms with Gasteiger partial charge in [0.15, 0.2) is 0 Å². The SMILES string of the molecule is CCC(CO)Nc1nc(NC)nc(N2CCCC2)n1. The summed E-state index contributed by atoms with van der Waals surface area (Å²) in [6, 6.07) is -0.0291. The summed E-state index contributed by atoms with van der Waals surface area (Å²) in [5.41, 5.74) is 0. The Bertz CT molecular complexity index is 403. The topological polar surface area (TPSA) is 86.2 Å². The molecule has 19 heavy (non-hydrogen) atoms. The van der Waals surface area contributed by atoms with Crippen LogP contribution in [0, 0.1) is 0 Å². The Labute approximate surface area is 113 Å². The number of hydrogen-bond acceptors (Lipinski definition) is 7. The van der Waals surface area contributed by atoms with Gasteiger partial charge in [0.1, 0.15) is 0 Å². The number of rotatable bonds is 6. The van der Waals surface area contributed by atoms with Gasteiger partial charge in [-0.15, -0.1) is 0 Å². The molecule has 2 rings (SSSR count). The standard InChI is InChI=1S/C12H22N6O/c1-3-9(8-19)14-11-15-10(13-2)16-12(17-11)18-6-4-5-7-18/h9,19H,3-8H2,1-2H3,(H2,13,14,15,16,17). The van der Waals surface area contributed by atoms with E-state index in [9.17, 15) is 5.11 Å². The molecule has 1 aromatic rings. The second-order valence-electron chi connectivity index (χ2n) is 4.66. The number of anilines is 3. The zero-order valence-electron chi connectivity index (χ0n) is 11.6. The summed E-state index contributed by atoms with van der Waals surface area (Å²) < 4.78 is 0. The van der Waals surface area contributed by atoms with Gasteiger partial charge in [-0.3, -0.25) is 0 Å². The molecule has 0 spiro atoms. The maximum Gasteiger partial charge on any atom is 0.231 e. The third kappa shape index (κ3) is 3.44. The number of hydrogen-bond donors (Lipinski definition) is 3. The first kappa shape index (κ1) is 13.8. The van der Waals surface area contributed by atoms with Crippen molar-refractivity contribution in [1.29, 1.82) is 0 Å². The Hall–Kier alpha value is -1.63. The van der Waals surface area contributed by atoms with Crippen molar-refractivity contribution in [3.8, 4) is 0 Å². The number of aliphatic hydroxyl groups excluding tert-OH is 1. The van der Waals surface area contributed by atoms with Crippen LogP contribution in [0.2, 0.25) is 0 Å². The number of nitrogens with zero attached hydrogens (tertiary/aromatic N) is 4. The predicted octanol–water partition coefficient (Wildman–Crippen LogP) is 0.696. The van der Waals surface area contributed by atoms with E-state index in [1.165, 1.54) is 12.8 Å². The van der Waals surface area contributed by atoms with Gasteiger partial charge < -0.3 is 20.6 Å². The van der Waals surface area contributed by atoms with Crippen LogP contribution >= 0.6 is 0 Å². The van der Waals surface area contributed by atoms with Crippen molar-refractivity contribution < 1.29 is 5.11 Å². The molecule has 1 aliphatic heterocycles. The highest BCUT2D eigenvalue weighted by Gasteiger charge is 2.17. The average molecular weight is 266 g/mol. The summed E-state index contributed by atoms with van der Waals surface area (Å²) in [5, 5.41) is 15.3. The molecule has 7 heteroatoms. The largest absolute Gasteiger partial charge is 0.394 e. The van der Waals surface area contributed by atoms with Crippen LogP contribution in [0.5, 0.6) is 0 Å². The molecule has 0 bridgehead atoms. The lowest BCUT2D eigenvalue weighted by Gasteiger charge is -2.18. The fourth-order valence-corrected chi connectivity index (χ4v) is 2.06. The van der Waals surface area contributed by atoms with E-state index in [0.717, 1.165) is 19.5 Å². The van der Waals surface area contributed by atoms with Crippen molar-refractivity contribution in [2.24, 2.45) is 0 Å². The maximum atomic E-state index is 9.23. The molecule has 2 heterocycles. The summed E-state index contributed by atoms with van der Waals surface area (Å²) in [4.78, 5) is 15.3. The normalized spacial score (nSPS) is 16.5. The van der Waals surface area contributed by atoms with Gasteiger partial charge in [0, 0.05) is 20.1 Å². The highest BCUT2D eigenvalue weighted by molar-refractivity contribution is 5.44. The van der Waals surface area contributed by atoms with E-state index in [-0.39, 0.29) is 12.6 Å². The summed E-state index contributed by atoms with van der Waals surface area (Å²) in [7, 11) is 1.79. The molecule has 0 saturated carbocycles. The molecule has 0 amide bonds. The molecular formula is C12H22N6O. The minimum absolute atomic E-state index is 0.0291. The van der Waals surface area contributed by atoms with Crippen molar-refractivity contribution in [2.75, 3.05) is 42.3 Å². The molecular weight excluding hydrogens is 244 g/mol. The molecule has 1 atom stereocenters.